The number of carbonyl (C=O) groups excluding carboxylic acids is 3. The molecule has 0 radical (unpaired) electrons. The SMILES string of the molecule is CCOc1ccc(C(=O)NCC(=O)OC(C(=O)Nc2ccc(OC)cc2)c2ccccc2)cc1. The number of nitrogens with one attached hydrogen (secondary N) is 2. The number of esters is 1. The summed E-state index contributed by atoms with van der Waals surface area (Å²) in [5.41, 5.74) is 1.39. The Balaban J connectivity index is 1.63. The minimum Gasteiger partial charge on any atom is -0.497 e. The molecule has 3 rings (SSSR count). The average Bonchev–Trinajstić information content (AvgIpc) is 2.87. The molecule has 0 fully saturated rings. The van der Waals surface area contributed by atoms with Crippen LogP contribution in [0.3, 0.4) is 0 Å². The van der Waals surface area contributed by atoms with E-state index >= 15 is 0 Å². The van der Waals surface area contributed by atoms with Gasteiger partial charge in [0.1, 0.15) is 18.0 Å². The van der Waals surface area contributed by atoms with Crippen molar-refractivity contribution in [1.29, 1.82) is 0 Å². The van der Waals surface area contributed by atoms with Crippen LogP contribution in [0.25, 0.3) is 0 Å². The largest absolute Gasteiger partial charge is 0.497 e. The van der Waals surface area contributed by atoms with Gasteiger partial charge in [0.25, 0.3) is 11.8 Å². The van der Waals surface area contributed by atoms with Crippen molar-refractivity contribution in [1.82, 2.24) is 5.32 Å². The highest BCUT2D eigenvalue weighted by Crippen LogP contribution is 2.21. The topological polar surface area (TPSA) is 103 Å². The van der Waals surface area contributed by atoms with Crippen LogP contribution in [-0.2, 0) is 14.3 Å². The van der Waals surface area contributed by atoms with E-state index in [1.54, 1.807) is 86.0 Å². The van der Waals surface area contributed by atoms with Gasteiger partial charge in [-0.1, -0.05) is 30.3 Å². The van der Waals surface area contributed by atoms with E-state index in [4.69, 9.17) is 14.2 Å². The second-order valence-corrected chi connectivity index (χ2v) is 7.14. The summed E-state index contributed by atoms with van der Waals surface area (Å²) in [7, 11) is 1.55. The maximum atomic E-state index is 12.9. The van der Waals surface area contributed by atoms with Gasteiger partial charge >= 0.3 is 5.97 Å². The maximum Gasteiger partial charge on any atom is 0.326 e. The van der Waals surface area contributed by atoms with E-state index in [2.05, 4.69) is 10.6 Å². The third-order valence-electron chi connectivity index (χ3n) is 4.77. The molecule has 1 unspecified atom stereocenters. The summed E-state index contributed by atoms with van der Waals surface area (Å²) in [5, 5.41) is 5.24. The van der Waals surface area contributed by atoms with Crippen LogP contribution < -0.4 is 20.1 Å². The zero-order valence-corrected chi connectivity index (χ0v) is 18.9. The van der Waals surface area contributed by atoms with E-state index < -0.39 is 30.4 Å². The molecule has 8 nitrogen and oxygen atoms in total. The van der Waals surface area contributed by atoms with Crippen LogP contribution >= 0.6 is 0 Å². The van der Waals surface area contributed by atoms with Crippen molar-refractivity contribution in [3.8, 4) is 11.5 Å². The minimum atomic E-state index is -1.20. The summed E-state index contributed by atoms with van der Waals surface area (Å²) >= 11 is 0. The van der Waals surface area contributed by atoms with Crippen molar-refractivity contribution >= 4 is 23.5 Å². The van der Waals surface area contributed by atoms with Crippen molar-refractivity contribution in [2.75, 3.05) is 25.6 Å². The lowest BCUT2D eigenvalue weighted by Gasteiger charge is -2.18. The molecule has 34 heavy (non-hydrogen) atoms. The summed E-state index contributed by atoms with van der Waals surface area (Å²) in [6, 6.07) is 21.9. The van der Waals surface area contributed by atoms with Crippen LogP contribution in [0.2, 0.25) is 0 Å². The summed E-state index contributed by atoms with van der Waals surface area (Å²) < 4.78 is 15.9. The average molecular weight is 463 g/mol. The molecule has 0 aromatic heterocycles. The van der Waals surface area contributed by atoms with Crippen molar-refractivity contribution in [2.45, 2.75) is 13.0 Å². The van der Waals surface area contributed by atoms with Crippen molar-refractivity contribution in [3.05, 3.63) is 90.0 Å². The first kappa shape index (κ1) is 24.3. The fourth-order valence-corrected chi connectivity index (χ4v) is 3.08. The minimum absolute atomic E-state index is 0.369. The molecule has 2 amide bonds. The zero-order valence-electron chi connectivity index (χ0n) is 18.9. The number of ether oxygens (including phenoxy) is 3. The maximum absolute atomic E-state index is 12.9. The van der Waals surface area contributed by atoms with Gasteiger partial charge in [0, 0.05) is 16.8 Å². The quantitative estimate of drug-likeness (QED) is 0.445. The Morgan fingerprint density at radius 1 is 0.853 bits per heavy atom. The van der Waals surface area contributed by atoms with Crippen LogP contribution in [0.4, 0.5) is 5.69 Å². The fourth-order valence-electron chi connectivity index (χ4n) is 3.08. The molecule has 1 atom stereocenters. The first-order chi connectivity index (χ1) is 16.5. The number of hydrogen-bond donors (Lipinski definition) is 2. The predicted octanol–water partition coefficient (Wildman–Crippen LogP) is 3.75. The highest BCUT2D eigenvalue weighted by atomic mass is 16.5. The van der Waals surface area contributed by atoms with Gasteiger partial charge in [0.15, 0.2) is 0 Å². The number of rotatable bonds is 10. The standard InChI is InChI=1S/C26H26N2O6/c1-3-33-22-13-9-19(10-14-22)25(30)27-17-23(29)34-24(18-7-5-4-6-8-18)26(31)28-20-11-15-21(32-2)16-12-20/h4-16,24H,3,17H2,1-2H3,(H,27,30)(H,28,31). The van der Waals surface area contributed by atoms with Gasteiger partial charge < -0.3 is 24.8 Å². The molecule has 0 saturated heterocycles. The molecule has 8 heteroatoms. The van der Waals surface area contributed by atoms with E-state index in [1.807, 2.05) is 6.92 Å². The van der Waals surface area contributed by atoms with Crippen molar-refractivity contribution in [3.63, 3.8) is 0 Å². The van der Waals surface area contributed by atoms with Crippen LogP contribution in [-0.4, -0.2) is 38.0 Å². The van der Waals surface area contributed by atoms with Gasteiger partial charge in [0.05, 0.1) is 13.7 Å². The summed E-state index contributed by atoms with van der Waals surface area (Å²) in [6.07, 6.45) is -1.20. The molecular formula is C26H26N2O6. The second kappa shape index (κ2) is 12.1. The van der Waals surface area contributed by atoms with Gasteiger partial charge in [-0.05, 0) is 55.5 Å². The van der Waals surface area contributed by atoms with Crippen molar-refractivity contribution in [2.24, 2.45) is 0 Å². The number of amides is 2. The van der Waals surface area contributed by atoms with E-state index in [-0.39, 0.29) is 0 Å². The Morgan fingerprint density at radius 3 is 2.12 bits per heavy atom. The van der Waals surface area contributed by atoms with E-state index in [9.17, 15) is 14.4 Å². The lowest BCUT2D eigenvalue weighted by molar-refractivity contribution is -0.153. The third kappa shape index (κ3) is 6.83. The number of carbonyl (C=O) groups is 3. The smallest absolute Gasteiger partial charge is 0.326 e. The predicted molar refractivity (Wildman–Crippen MR) is 127 cm³/mol. The number of hydrogen-bond acceptors (Lipinski definition) is 6. The van der Waals surface area contributed by atoms with Gasteiger partial charge in [0.2, 0.25) is 6.10 Å². The first-order valence-corrected chi connectivity index (χ1v) is 10.7. The van der Waals surface area contributed by atoms with Gasteiger partial charge in [-0.3, -0.25) is 14.4 Å². The fraction of sp³-hybridized carbons (Fsp3) is 0.192. The third-order valence-corrected chi connectivity index (χ3v) is 4.77. The highest BCUT2D eigenvalue weighted by Gasteiger charge is 2.25. The summed E-state index contributed by atoms with van der Waals surface area (Å²) in [5.74, 6) is -0.432. The lowest BCUT2D eigenvalue weighted by Crippen LogP contribution is -2.33. The number of anilines is 1. The van der Waals surface area contributed by atoms with E-state index in [0.717, 1.165) is 0 Å². The van der Waals surface area contributed by atoms with Crippen LogP contribution in [0.15, 0.2) is 78.9 Å². The molecule has 0 spiro atoms. The molecule has 0 saturated carbocycles. The molecule has 3 aromatic rings. The van der Waals surface area contributed by atoms with Crippen LogP contribution in [0.1, 0.15) is 28.9 Å². The molecular weight excluding hydrogens is 436 g/mol. The Morgan fingerprint density at radius 2 is 1.50 bits per heavy atom. The second-order valence-electron chi connectivity index (χ2n) is 7.14. The molecule has 2 N–H and O–H groups in total. The Kier molecular flexibility index (Phi) is 8.62. The Hall–Kier alpha value is -4.33. The van der Waals surface area contributed by atoms with E-state index in [1.165, 1.54) is 0 Å². The molecule has 0 aliphatic rings. The Labute approximate surface area is 197 Å². The molecule has 176 valence electrons. The molecule has 0 heterocycles. The zero-order chi connectivity index (χ0) is 24.3. The van der Waals surface area contributed by atoms with Gasteiger partial charge in [-0.25, -0.2) is 0 Å². The van der Waals surface area contributed by atoms with Crippen molar-refractivity contribution < 1.29 is 28.6 Å². The first-order valence-electron chi connectivity index (χ1n) is 10.7. The lowest BCUT2D eigenvalue weighted by atomic mass is 10.1. The number of benzene rings is 3. The summed E-state index contributed by atoms with van der Waals surface area (Å²) in [6.45, 7) is 1.99. The molecule has 0 aliphatic heterocycles. The highest BCUT2D eigenvalue weighted by molar-refractivity contribution is 5.98. The molecule has 3 aromatic carbocycles. The van der Waals surface area contributed by atoms with E-state index in [0.29, 0.717) is 34.9 Å². The van der Waals surface area contributed by atoms with Gasteiger partial charge in [-0.15, -0.1) is 0 Å². The molecule has 0 bridgehead atoms. The molecule has 0 aliphatic carbocycles. The van der Waals surface area contributed by atoms with Crippen LogP contribution in [0, 0.1) is 0 Å². The normalized spacial score (nSPS) is 11.1. The number of methoxy groups -OCH3 is 1. The Bertz CT molecular complexity index is 1100. The van der Waals surface area contributed by atoms with Crippen LogP contribution in [0.5, 0.6) is 11.5 Å². The summed E-state index contributed by atoms with van der Waals surface area (Å²) in [4.78, 5) is 37.8. The van der Waals surface area contributed by atoms with Gasteiger partial charge in [-0.2, -0.15) is 0 Å². The monoisotopic (exact) mass is 462 g/mol.